The molecular weight excluding hydrogens is 304 g/mol. The van der Waals surface area contributed by atoms with Gasteiger partial charge in [-0.05, 0) is 12.8 Å². The number of ether oxygens (including phenoxy) is 2. The van der Waals surface area contributed by atoms with Gasteiger partial charge in [-0.2, -0.15) is 0 Å². The molecule has 0 atom stereocenters. The maximum Gasteiger partial charge on any atom is 0.303 e. The molecule has 4 nitrogen and oxygen atoms in total. The standard InChI is InChI=1S/C20H40O4/c1-3-5-7-9-11-13-17-23-20(16-15-19(21)22)24-18-14-12-10-8-6-4-2/h20H,3-18H2,1-2H3,(H,21,22). The van der Waals surface area contributed by atoms with Crippen LogP contribution >= 0.6 is 0 Å². The molecule has 1 N–H and O–H groups in total. The van der Waals surface area contributed by atoms with Crippen LogP contribution in [0, 0.1) is 0 Å². The Hall–Kier alpha value is -0.610. The Morgan fingerprint density at radius 2 is 1.17 bits per heavy atom. The maximum absolute atomic E-state index is 10.7. The van der Waals surface area contributed by atoms with Crippen molar-refractivity contribution in [3.8, 4) is 0 Å². The smallest absolute Gasteiger partial charge is 0.303 e. The SMILES string of the molecule is CCCCCCCCOC(CCC(=O)O)OCCCCCCCC. The summed E-state index contributed by atoms with van der Waals surface area (Å²) in [7, 11) is 0. The van der Waals surface area contributed by atoms with Crippen LogP contribution in [0.5, 0.6) is 0 Å². The quantitative estimate of drug-likeness (QED) is 0.233. The topological polar surface area (TPSA) is 55.8 Å². The third kappa shape index (κ3) is 17.7. The number of rotatable bonds is 19. The van der Waals surface area contributed by atoms with Crippen LogP contribution in [-0.2, 0) is 14.3 Å². The Morgan fingerprint density at radius 1 is 0.750 bits per heavy atom. The molecule has 0 aromatic rings. The molecule has 0 saturated heterocycles. The van der Waals surface area contributed by atoms with Crippen molar-refractivity contribution >= 4 is 5.97 Å². The van der Waals surface area contributed by atoms with Crippen molar-refractivity contribution in [1.29, 1.82) is 0 Å². The molecule has 0 bridgehead atoms. The summed E-state index contributed by atoms with van der Waals surface area (Å²) in [5.41, 5.74) is 0. The summed E-state index contributed by atoms with van der Waals surface area (Å²) in [6.45, 7) is 5.79. The fraction of sp³-hybridized carbons (Fsp3) is 0.950. The van der Waals surface area contributed by atoms with Gasteiger partial charge in [0.2, 0.25) is 0 Å². The Bertz CT molecular complexity index is 250. The molecule has 0 heterocycles. The number of carbonyl (C=O) groups is 1. The Kier molecular flexibility index (Phi) is 18.2. The minimum Gasteiger partial charge on any atom is -0.481 e. The summed E-state index contributed by atoms with van der Waals surface area (Å²) in [4.78, 5) is 10.7. The highest BCUT2D eigenvalue weighted by Crippen LogP contribution is 2.11. The van der Waals surface area contributed by atoms with Crippen LogP contribution in [0.4, 0.5) is 0 Å². The van der Waals surface area contributed by atoms with E-state index in [9.17, 15) is 4.79 Å². The Balaban J connectivity index is 3.70. The summed E-state index contributed by atoms with van der Waals surface area (Å²) in [6.07, 6.45) is 14.9. The van der Waals surface area contributed by atoms with Crippen LogP contribution in [-0.4, -0.2) is 30.6 Å². The third-order valence-corrected chi connectivity index (χ3v) is 4.20. The number of carboxylic acids is 1. The first-order valence-corrected chi connectivity index (χ1v) is 10.2. The van der Waals surface area contributed by atoms with E-state index in [-0.39, 0.29) is 12.7 Å². The first kappa shape index (κ1) is 23.4. The largest absolute Gasteiger partial charge is 0.481 e. The van der Waals surface area contributed by atoms with E-state index in [1.165, 1.54) is 64.2 Å². The van der Waals surface area contributed by atoms with Crippen molar-refractivity contribution in [2.24, 2.45) is 0 Å². The Labute approximate surface area is 149 Å². The average molecular weight is 345 g/mol. The number of aliphatic carboxylic acids is 1. The van der Waals surface area contributed by atoms with E-state index >= 15 is 0 Å². The molecule has 0 radical (unpaired) electrons. The molecule has 0 aromatic carbocycles. The van der Waals surface area contributed by atoms with Crippen molar-refractivity contribution in [2.75, 3.05) is 13.2 Å². The number of hydrogen-bond acceptors (Lipinski definition) is 3. The lowest BCUT2D eigenvalue weighted by atomic mass is 10.1. The molecule has 0 unspecified atom stereocenters. The van der Waals surface area contributed by atoms with Gasteiger partial charge in [0.1, 0.15) is 0 Å². The lowest BCUT2D eigenvalue weighted by molar-refractivity contribution is -0.156. The van der Waals surface area contributed by atoms with Gasteiger partial charge < -0.3 is 14.6 Å². The summed E-state index contributed by atoms with van der Waals surface area (Å²) in [5.74, 6) is -0.786. The highest BCUT2D eigenvalue weighted by atomic mass is 16.7. The van der Waals surface area contributed by atoms with Gasteiger partial charge in [0.15, 0.2) is 6.29 Å². The van der Waals surface area contributed by atoms with Gasteiger partial charge in [0.05, 0.1) is 6.42 Å². The molecule has 0 spiro atoms. The number of unbranched alkanes of at least 4 members (excludes halogenated alkanes) is 10. The normalized spacial score (nSPS) is 11.3. The van der Waals surface area contributed by atoms with Crippen molar-refractivity contribution in [1.82, 2.24) is 0 Å². The molecule has 0 amide bonds. The van der Waals surface area contributed by atoms with Gasteiger partial charge in [0.25, 0.3) is 0 Å². The molecule has 0 rings (SSSR count). The molecule has 0 aliphatic carbocycles. The molecule has 0 fully saturated rings. The fourth-order valence-electron chi connectivity index (χ4n) is 2.65. The monoisotopic (exact) mass is 344 g/mol. The van der Waals surface area contributed by atoms with E-state index in [0.717, 1.165) is 12.8 Å². The summed E-state index contributed by atoms with van der Waals surface area (Å²) in [6, 6.07) is 0. The zero-order valence-electron chi connectivity index (χ0n) is 16.1. The van der Waals surface area contributed by atoms with Gasteiger partial charge in [-0.1, -0.05) is 78.1 Å². The predicted molar refractivity (Wildman–Crippen MR) is 99.3 cm³/mol. The average Bonchev–Trinajstić information content (AvgIpc) is 2.57. The van der Waals surface area contributed by atoms with Crippen LogP contribution in [0.1, 0.15) is 104 Å². The predicted octanol–water partition coefficient (Wildman–Crippen LogP) is 5.93. The van der Waals surface area contributed by atoms with Gasteiger partial charge in [-0.3, -0.25) is 4.79 Å². The van der Waals surface area contributed by atoms with Crippen molar-refractivity contribution in [3.63, 3.8) is 0 Å². The molecule has 0 aromatic heterocycles. The van der Waals surface area contributed by atoms with Crippen LogP contribution in [0.2, 0.25) is 0 Å². The van der Waals surface area contributed by atoms with Gasteiger partial charge in [-0.15, -0.1) is 0 Å². The van der Waals surface area contributed by atoms with Crippen molar-refractivity contribution < 1.29 is 19.4 Å². The second kappa shape index (κ2) is 18.7. The van der Waals surface area contributed by atoms with Gasteiger partial charge in [0, 0.05) is 19.6 Å². The first-order valence-electron chi connectivity index (χ1n) is 10.2. The number of hydrogen-bond donors (Lipinski definition) is 1. The van der Waals surface area contributed by atoms with Gasteiger partial charge >= 0.3 is 5.97 Å². The lowest BCUT2D eigenvalue weighted by Crippen LogP contribution is -2.20. The van der Waals surface area contributed by atoms with Crippen molar-refractivity contribution in [2.45, 2.75) is 110 Å². The van der Waals surface area contributed by atoms with E-state index in [2.05, 4.69) is 13.8 Å². The molecule has 4 heteroatoms. The zero-order valence-corrected chi connectivity index (χ0v) is 16.1. The summed E-state index contributed by atoms with van der Waals surface area (Å²) < 4.78 is 11.5. The summed E-state index contributed by atoms with van der Waals surface area (Å²) >= 11 is 0. The summed E-state index contributed by atoms with van der Waals surface area (Å²) in [5, 5.41) is 8.84. The highest BCUT2D eigenvalue weighted by molar-refractivity contribution is 5.66. The minimum atomic E-state index is -0.786. The molecule has 144 valence electrons. The van der Waals surface area contributed by atoms with Crippen LogP contribution in [0.3, 0.4) is 0 Å². The molecule has 0 aliphatic rings. The van der Waals surface area contributed by atoms with Crippen LogP contribution < -0.4 is 0 Å². The number of carboxylic acid groups (broad SMARTS) is 1. The third-order valence-electron chi connectivity index (χ3n) is 4.20. The molecule has 0 aliphatic heterocycles. The second-order valence-corrected chi connectivity index (χ2v) is 6.64. The Morgan fingerprint density at radius 3 is 1.58 bits per heavy atom. The van der Waals surface area contributed by atoms with E-state index in [1.54, 1.807) is 0 Å². The van der Waals surface area contributed by atoms with Crippen LogP contribution in [0.15, 0.2) is 0 Å². The highest BCUT2D eigenvalue weighted by Gasteiger charge is 2.11. The van der Waals surface area contributed by atoms with E-state index in [0.29, 0.717) is 19.6 Å². The first-order chi connectivity index (χ1) is 11.7. The van der Waals surface area contributed by atoms with E-state index in [1.807, 2.05) is 0 Å². The maximum atomic E-state index is 10.7. The lowest BCUT2D eigenvalue weighted by Gasteiger charge is -2.18. The van der Waals surface area contributed by atoms with E-state index < -0.39 is 5.97 Å². The molecular formula is C20H40O4. The fourth-order valence-corrected chi connectivity index (χ4v) is 2.65. The van der Waals surface area contributed by atoms with Crippen LogP contribution in [0.25, 0.3) is 0 Å². The van der Waals surface area contributed by atoms with E-state index in [4.69, 9.17) is 14.6 Å². The zero-order chi connectivity index (χ0) is 17.9. The molecule has 0 saturated carbocycles. The second-order valence-electron chi connectivity index (χ2n) is 6.64. The molecule has 24 heavy (non-hydrogen) atoms. The van der Waals surface area contributed by atoms with Gasteiger partial charge in [-0.25, -0.2) is 0 Å². The van der Waals surface area contributed by atoms with Crippen molar-refractivity contribution in [3.05, 3.63) is 0 Å². The minimum absolute atomic E-state index is 0.109.